The number of aromatic nitrogens is 1. The van der Waals surface area contributed by atoms with Crippen LogP contribution in [-0.4, -0.2) is 146 Å². The van der Waals surface area contributed by atoms with Gasteiger partial charge >= 0.3 is 0 Å². The molecule has 7 amide bonds. The molecule has 0 aliphatic rings. The molecule has 4 aromatic rings. The maximum Gasteiger partial charge on any atom is 0.294 e. The number of carbonyl (C=O) groups is 7. The van der Waals surface area contributed by atoms with E-state index in [0.29, 0.717) is 16.5 Å². The van der Waals surface area contributed by atoms with Crippen molar-refractivity contribution in [2.24, 2.45) is 55.1 Å². The molecule has 23 N–H and O–H groups in total. The van der Waals surface area contributed by atoms with E-state index in [1.807, 2.05) is 0 Å². The van der Waals surface area contributed by atoms with Crippen LogP contribution in [0.2, 0.25) is 0 Å². The quantitative estimate of drug-likeness (QED) is 0.00967. The summed E-state index contributed by atoms with van der Waals surface area (Å²) in [4.78, 5) is 111. The number of nitrogens with one attached hydrogen (secondary N) is 7. The van der Waals surface area contributed by atoms with Crippen molar-refractivity contribution in [3.05, 3.63) is 95.7 Å². The Morgan fingerprint density at radius 2 is 0.827 bits per heavy atom. The average Bonchev–Trinajstić information content (AvgIpc) is 3.87. The summed E-state index contributed by atoms with van der Waals surface area (Å²) < 4.78 is 66.9. The zero-order valence-electron chi connectivity index (χ0n) is 44.0. The number of carbonyl (C=O) groups excluding carboxylic acids is 7. The predicted molar refractivity (Wildman–Crippen MR) is 298 cm³/mol. The molecule has 1 aromatic heterocycles. The van der Waals surface area contributed by atoms with Crippen molar-refractivity contribution < 1.29 is 59.5 Å². The van der Waals surface area contributed by atoms with Crippen LogP contribution >= 0.6 is 0 Å². The smallest absolute Gasteiger partial charge is 0.294 e. The van der Waals surface area contributed by atoms with Crippen molar-refractivity contribution in [2.45, 2.75) is 111 Å². The van der Waals surface area contributed by atoms with Gasteiger partial charge in [-0.3, -0.25) is 57.6 Å². The van der Waals surface area contributed by atoms with Crippen molar-refractivity contribution in [3.63, 3.8) is 0 Å². The SMILES string of the molecule is CC(=O)N[C@@H](CCCN=C(N)N)C(=O)N[C@@H](Cc1ccc(S(=O)(=O)O)cc1)C(=O)N[C@@H](Cc1ccc(S(=O)(=O)O)cc1)C(=O)N[C@@H](CCCN=C(N)N)C(=O)N[C@@H](Cc1c[nH]c2ccccc12)C(=O)N[C@@H](CCCN=C(N)N)C(N)=O. The molecule has 3 aromatic carbocycles. The van der Waals surface area contributed by atoms with E-state index in [1.165, 1.54) is 24.3 Å². The van der Waals surface area contributed by atoms with Gasteiger partial charge in [0.25, 0.3) is 20.2 Å². The molecule has 0 fully saturated rings. The maximum absolute atomic E-state index is 14.8. The molecule has 0 aliphatic carbocycles. The largest absolute Gasteiger partial charge is 0.370 e. The minimum absolute atomic E-state index is 0.00215. The fraction of sp³-hybridized carbons (Fsp3) is 0.388. The molecule has 0 spiro atoms. The molecule has 440 valence electrons. The molecule has 81 heavy (non-hydrogen) atoms. The Kier molecular flexibility index (Phi) is 24.3. The number of nitrogens with two attached hydrogens (primary N) is 7. The van der Waals surface area contributed by atoms with Crippen LogP contribution < -0.4 is 72.0 Å². The van der Waals surface area contributed by atoms with Gasteiger partial charge in [-0.05, 0) is 85.5 Å². The van der Waals surface area contributed by atoms with E-state index < -0.39 is 120 Å². The summed E-state index contributed by atoms with van der Waals surface area (Å²) in [6, 6.07) is 7.36. The Morgan fingerprint density at radius 1 is 0.481 bits per heavy atom. The number of benzene rings is 3. The van der Waals surface area contributed by atoms with Gasteiger partial charge in [0, 0.05) is 62.9 Å². The van der Waals surface area contributed by atoms with Crippen LogP contribution in [0.4, 0.5) is 0 Å². The van der Waals surface area contributed by atoms with Crippen LogP contribution in [0.3, 0.4) is 0 Å². The number of aromatic amines is 1. The Morgan fingerprint density at radius 3 is 1.21 bits per heavy atom. The molecular formula is C49H69N17O13S2. The number of rotatable bonds is 32. The molecule has 0 aliphatic heterocycles. The number of amides is 7. The minimum Gasteiger partial charge on any atom is -0.370 e. The lowest BCUT2D eigenvalue weighted by atomic mass is 10.0. The van der Waals surface area contributed by atoms with E-state index in [4.69, 9.17) is 40.1 Å². The van der Waals surface area contributed by atoms with Crippen LogP contribution in [0.1, 0.15) is 62.1 Å². The molecular weight excluding hydrogens is 1100 g/mol. The number of hydrogen-bond donors (Lipinski definition) is 16. The highest BCUT2D eigenvalue weighted by Gasteiger charge is 2.34. The number of hydrogen-bond acceptors (Lipinski definition) is 14. The Hall–Kier alpha value is -8.88. The Labute approximate surface area is 466 Å². The van der Waals surface area contributed by atoms with E-state index in [-0.39, 0.29) is 93.6 Å². The van der Waals surface area contributed by atoms with Crippen LogP contribution in [0.5, 0.6) is 0 Å². The van der Waals surface area contributed by atoms with Gasteiger partial charge in [0.15, 0.2) is 17.9 Å². The molecule has 32 heteroatoms. The van der Waals surface area contributed by atoms with Crippen LogP contribution in [0.25, 0.3) is 10.9 Å². The summed E-state index contributed by atoms with van der Waals surface area (Å²) in [6.07, 6.45) is 0.801. The standard InChI is InChI=1S/C49H69N17O13S2/c1-27(67)61-36(10-5-21-58-48(53)54)42(69)64-39(24-29-14-18-32(19-15-29)81(77,78)79)45(72)65-38(23-28-12-16-31(17-13-28)80(74,75)76)44(71)63-37(11-6-22-59-49(55)56)43(70)66-40(25-30-26-60-34-8-3-2-7-33(30)34)46(73)62-35(41(50)68)9-4-20-57-47(51)52/h2-3,7-8,12-19,26,35-40,60H,4-6,9-11,20-25H2,1H3,(H2,50,68)(H,61,67)(H,62,73)(H,63,71)(H,64,69)(H,65,72)(H,66,70)(H4,51,52,57)(H4,53,54,58)(H4,55,56,59)(H,74,75,76)(H,77,78,79)/t35-,36-,37-,38-,39-,40-/m0/s1. The zero-order chi connectivity index (χ0) is 60.0. The summed E-state index contributed by atoms with van der Waals surface area (Å²) in [5.74, 6) is -7.01. The van der Waals surface area contributed by atoms with Gasteiger partial charge in [0.2, 0.25) is 41.4 Å². The number of aliphatic imine (C=N–C) groups is 3. The molecule has 0 unspecified atom stereocenters. The van der Waals surface area contributed by atoms with Crippen molar-refractivity contribution in [2.75, 3.05) is 19.6 Å². The fourth-order valence-corrected chi connectivity index (χ4v) is 9.12. The average molecular weight is 1170 g/mol. The predicted octanol–water partition coefficient (Wildman–Crippen LogP) is -3.74. The van der Waals surface area contributed by atoms with Gasteiger partial charge in [-0.15, -0.1) is 0 Å². The monoisotopic (exact) mass is 1170 g/mol. The molecule has 30 nitrogen and oxygen atoms in total. The maximum atomic E-state index is 14.8. The number of primary amides is 1. The molecule has 0 saturated carbocycles. The highest BCUT2D eigenvalue weighted by molar-refractivity contribution is 7.86. The number of para-hydroxylation sites is 1. The summed E-state index contributed by atoms with van der Waals surface area (Å²) in [7, 11) is -9.36. The number of H-pyrrole nitrogens is 1. The molecule has 0 saturated heterocycles. The lowest BCUT2D eigenvalue weighted by Crippen LogP contribution is -2.60. The fourth-order valence-electron chi connectivity index (χ4n) is 8.16. The second-order valence-corrected chi connectivity index (χ2v) is 21.4. The molecule has 4 rings (SSSR count). The van der Waals surface area contributed by atoms with Crippen LogP contribution in [0.15, 0.2) is 104 Å². The summed E-state index contributed by atoms with van der Waals surface area (Å²) in [5.41, 5.74) is 40.2. The van der Waals surface area contributed by atoms with Gasteiger partial charge in [0.1, 0.15) is 36.3 Å². The minimum atomic E-state index is -4.69. The normalized spacial score (nSPS) is 13.6. The van der Waals surface area contributed by atoms with E-state index in [2.05, 4.69) is 51.9 Å². The lowest BCUT2D eigenvalue weighted by molar-refractivity contribution is -0.135. The number of guanidine groups is 3. The first-order valence-electron chi connectivity index (χ1n) is 25.0. The topological polar surface area (TPSA) is 535 Å². The van der Waals surface area contributed by atoms with Crippen molar-refractivity contribution in [1.82, 2.24) is 36.9 Å². The lowest BCUT2D eigenvalue weighted by Gasteiger charge is -2.28. The highest BCUT2D eigenvalue weighted by Crippen LogP contribution is 2.20. The molecule has 1 heterocycles. The number of fused-ring (bicyclic) bond motifs is 1. The van der Waals surface area contributed by atoms with Gasteiger partial charge in [0.05, 0.1) is 9.79 Å². The van der Waals surface area contributed by atoms with Crippen molar-refractivity contribution in [3.8, 4) is 0 Å². The first-order chi connectivity index (χ1) is 38.1. The van der Waals surface area contributed by atoms with Crippen LogP contribution in [0, 0.1) is 0 Å². The third-order valence-corrected chi connectivity index (χ3v) is 13.9. The van der Waals surface area contributed by atoms with Crippen molar-refractivity contribution in [1.29, 1.82) is 0 Å². The third-order valence-electron chi connectivity index (χ3n) is 12.1. The van der Waals surface area contributed by atoms with E-state index in [9.17, 15) is 59.5 Å². The summed E-state index contributed by atoms with van der Waals surface area (Å²) in [5, 5.41) is 16.3. The number of nitrogens with zero attached hydrogens (tertiary/aromatic N) is 3. The summed E-state index contributed by atoms with van der Waals surface area (Å²) in [6.45, 7) is 1.25. The van der Waals surface area contributed by atoms with Gasteiger partial charge in [-0.1, -0.05) is 42.5 Å². The Bertz CT molecular complexity index is 3180. The highest BCUT2D eigenvalue weighted by atomic mass is 32.2. The van der Waals surface area contributed by atoms with Crippen molar-refractivity contribution >= 4 is 90.4 Å². The van der Waals surface area contributed by atoms with E-state index in [1.54, 1.807) is 30.5 Å². The van der Waals surface area contributed by atoms with E-state index in [0.717, 1.165) is 31.2 Å². The third kappa shape index (κ3) is 22.1. The van der Waals surface area contributed by atoms with E-state index >= 15 is 0 Å². The zero-order valence-corrected chi connectivity index (χ0v) is 45.7. The first kappa shape index (κ1) is 64.6. The Balaban J connectivity index is 1.78. The first-order valence-corrected chi connectivity index (χ1v) is 27.9. The summed E-state index contributed by atoms with van der Waals surface area (Å²) >= 11 is 0. The van der Waals surface area contributed by atoms with Gasteiger partial charge < -0.3 is 77.0 Å². The second kappa shape index (κ2) is 30.5. The van der Waals surface area contributed by atoms with Crippen LogP contribution in [-0.2, 0) is 73.1 Å². The van der Waals surface area contributed by atoms with Gasteiger partial charge in [-0.2, -0.15) is 16.8 Å². The molecule has 0 radical (unpaired) electrons. The molecule has 6 atom stereocenters. The van der Waals surface area contributed by atoms with Gasteiger partial charge in [-0.25, -0.2) is 0 Å². The molecule has 0 bridgehead atoms. The second-order valence-electron chi connectivity index (χ2n) is 18.5.